The zero-order valence-corrected chi connectivity index (χ0v) is 15.7. The van der Waals surface area contributed by atoms with Crippen LogP contribution in [0.5, 0.6) is 0 Å². The fourth-order valence-corrected chi connectivity index (χ4v) is 3.44. The fourth-order valence-electron chi connectivity index (χ4n) is 2.59. The monoisotopic (exact) mass is 394 g/mol. The molecule has 10 heteroatoms. The van der Waals surface area contributed by atoms with Crippen molar-refractivity contribution in [1.29, 1.82) is 0 Å². The maximum absolute atomic E-state index is 14.6. The first-order valence-electron chi connectivity index (χ1n) is 8.31. The van der Waals surface area contributed by atoms with Gasteiger partial charge in [-0.15, -0.1) is 10.2 Å². The molecule has 0 bridgehead atoms. The van der Waals surface area contributed by atoms with E-state index in [1.807, 2.05) is 0 Å². The number of nitrogens with zero attached hydrogens (tertiary/aromatic N) is 3. The standard InChI is InChI=1S/C17H19FN4O4S/c1-10(23)19-8-12-9-22(17(24)26-12)11-3-4-13(14(18)7-11)16-21-20-15(27-16)5-6-25-2/h3-4,7,12H,5-6,8-9H2,1-2H3,(H,19,23)/t12-/m0/s1. The van der Waals surface area contributed by atoms with Gasteiger partial charge in [0, 0.05) is 26.0 Å². The predicted octanol–water partition coefficient (Wildman–Crippen LogP) is 1.99. The van der Waals surface area contributed by atoms with Gasteiger partial charge in [-0.05, 0) is 18.2 Å². The second-order valence-electron chi connectivity index (χ2n) is 5.96. The summed E-state index contributed by atoms with van der Waals surface area (Å²) in [5.74, 6) is -0.707. The minimum atomic E-state index is -0.574. The normalized spacial score (nSPS) is 16.5. The lowest BCUT2D eigenvalue weighted by Gasteiger charge is -2.14. The Morgan fingerprint density at radius 2 is 2.30 bits per heavy atom. The summed E-state index contributed by atoms with van der Waals surface area (Å²) in [4.78, 5) is 24.4. The molecule has 1 atom stereocenters. The first-order chi connectivity index (χ1) is 13.0. The van der Waals surface area contributed by atoms with Crippen LogP contribution in [-0.2, 0) is 20.7 Å². The highest BCUT2D eigenvalue weighted by molar-refractivity contribution is 7.14. The van der Waals surface area contributed by atoms with E-state index < -0.39 is 18.0 Å². The van der Waals surface area contributed by atoms with Crippen LogP contribution < -0.4 is 10.2 Å². The van der Waals surface area contributed by atoms with Gasteiger partial charge in [-0.2, -0.15) is 0 Å². The summed E-state index contributed by atoms with van der Waals surface area (Å²) in [6.07, 6.45) is -0.436. The van der Waals surface area contributed by atoms with E-state index in [4.69, 9.17) is 9.47 Å². The summed E-state index contributed by atoms with van der Waals surface area (Å²) in [5.41, 5.74) is 0.706. The van der Waals surface area contributed by atoms with Crippen molar-refractivity contribution in [3.63, 3.8) is 0 Å². The molecule has 1 aliphatic rings. The molecule has 1 N–H and O–H groups in total. The Labute approximate surface area is 159 Å². The molecule has 3 rings (SSSR count). The van der Waals surface area contributed by atoms with Gasteiger partial charge in [0.05, 0.1) is 25.4 Å². The molecule has 27 heavy (non-hydrogen) atoms. The number of hydrogen-bond acceptors (Lipinski definition) is 7. The molecule has 0 radical (unpaired) electrons. The molecule has 2 heterocycles. The average Bonchev–Trinajstić information content (AvgIpc) is 3.24. The van der Waals surface area contributed by atoms with E-state index in [1.54, 1.807) is 19.2 Å². The lowest BCUT2D eigenvalue weighted by atomic mass is 10.2. The van der Waals surface area contributed by atoms with Crippen LogP contribution in [0, 0.1) is 5.82 Å². The van der Waals surface area contributed by atoms with Gasteiger partial charge in [-0.3, -0.25) is 9.69 Å². The van der Waals surface area contributed by atoms with Gasteiger partial charge < -0.3 is 14.8 Å². The molecule has 0 spiro atoms. The number of rotatable bonds is 7. The van der Waals surface area contributed by atoms with Crippen LogP contribution in [-0.4, -0.2) is 55.1 Å². The number of amides is 2. The molecule has 8 nitrogen and oxygen atoms in total. The molecule has 0 aliphatic carbocycles. The van der Waals surface area contributed by atoms with Crippen LogP contribution >= 0.6 is 11.3 Å². The molecule has 1 aromatic carbocycles. The van der Waals surface area contributed by atoms with Gasteiger partial charge >= 0.3 is 6.09 Å². The number of ether oxygens (including phenoxy) is 2. The van der Waals surface area contributed by atoms with Gasteiger partial charge in [0.1, 0.15) is 16.9 Å². The van der Waals surface area contributed by atoms with Crippen molar-refractivity contribution in [2.24, 2.45) is 0 Å². The number of hydrogen-bond donors (Lipinski definition) is 1. The average molecular weight is 394 g/mol. The number of nitrogens with one attached hydrogen (secondary N) is 1. The van der Waals surface area contributed by atoms with Gasteiger partial charge in [0.15, 0.2) is 5.01 Å². The van der Waals surface area contributed by atoms with Crippen LogP contribution in [0.3, 0.4) is 0 Å². The third-order valence-electron chi connectivity index (χ3n) is 3.93. The maximum Gasteiger partial charge on any atom is 0.414 e. The van der Waals surface area contributed by atoms with Crippen LogP contribution in [0.2, 0.25) is 0 Å². The van der Waals surface area contributed by atoms with Crippen molar-refractivity contribution in [3.8, 4) is 10.6 Å². The van der Waals surface area contributed by atoms with Gasteiger partial charge in [-0.25, -0.2) is 9.18 Å². The van der Waals surface area contributed by atoms with E-state index in [0.29, 0.717) is 29.3 Å². The Kier molecular flexibility index (Phi) is 5.97. The number of carbonyl (C=O) groups is 2. The second-order valence-corrected chi connectivity index (χ2v) is 7.02. The van der Waals surface area contributed by atoms with Gasteiger partial charge in [0.2, 0.25) is 5.91 Å². The molecule has 0 unspecified atom stereocenters. The molecule has 2 aromatic rings. The smallest absolute Gasteiger partial charge is 0.414 e. The third-order valence-corrected chi connectivity index (χ3v) is 4.95. The highest BCUT2D eigenvalue weighted by Crippen LogP contribution is 2.30. The van der Waals surface area contributed by atoms with E-state index in [2.05, 4.69) is 15.5 Å². The number of carbonyl (C=O) groups excluding carboxylic acids is 2. The van der Waals surface area contributed by atoms with E-state index in [-0.39, 0.29) is 19.0 Å². The number of methoxy groups -OCH3 is 1. The number of cyclic esters (lactones) is 1. The first kappa shape index (κ1) is 19.2. The molecule has 2 amide bonds. The van der Waals surface area contributed by atoms with Crippen molar-refractivity contribution < 1.29 is 23.5 Å². The van der Waals surface area contributed by atoms with Crippen molar-refractivity contribution in [3.05, 3.63) is 29.0 Å². The highest BCUT2D eigenvalue weighted by Gasteiger charge is 2.32. The molecular formula is C17H19FN4O4S. The first-order valence-corrected chi connectivity index (χ1v) is 9.13. The fraction of sp³-hybridized carbons (Fsp3) is 0.412. The summed E-state index contributed by atoms with van der Waals surface area (Å²) in [6.45, 7) is 2.36. The molecular weight excluding hydrogens is 375 g/mol. The van der Waals surface area contributed by atoms with Crippen molar-refractivity contribution in [2.75, 3.05) is 31.7 Å². The number of halogens is 1. The third kappa shape index (κ3) is 4.58. The van der Waals surface area contributed by atoms with E-state index >= 15 is 0 Å². The summed E-state index contributed by atoms with van der Waals surface area (Å²) in [6, 6.07) is 4.48. The topological polar surface area (TPSA) is 93.7 Å². The molecule has 0 saturated carbocycles. The largest absolute Gasteiger partial charge is 0.442 e. The van der Waals surface area contributed by atoms with Crippen LogP contribution in [0.25, 0.3) is 10.6 Å². The molecule has 1 aliphatic heterocycles. The second kappa shape index (κ2) is 8.40. The Bertz CT molecular complexity index is 844. The van der Waals surface area contributed by atoms with Crippen molar-refractivity contribution in [2.45, 2.75) is 19.4 Å². The Morgan fingerprint density at radius 1 is 1.48 bits per heavy atom. The molecule has 144 valence electrons. The number of benzene rings is 1. The van der Waals surface area contributed by atoms with E-state index in [0.717, 1.165) is 5.01 Å². The highest BCUT2D eigenvalue weighted by atomic mass is 32.1. The van der Waals surface area contributed by atoms with Gasteiger partial charge in [0.25, 0.3) is 0 Å². The van der Waals surface area contributed by atoms with Crippen molar-refractivity contribution in [1.82, 2.24) is 15.5 Å². The minimum Gasteiger partial charge on any atom is -0.442 e. The molecule has 1 fully saturated rings. The minimum absolute atomic E-state index is 0.207. The SMILES string of the molecule is COCCc1nnc(-c2ccc(N3C[C@H](CNC(C)=O)OC3=O)cc2F)s1. The Balaban J connectivity index is 1.72. The van der Waals surface area contributed by atoms with Gasteiger partial charge in [-0.1, -0.05) is 11.3 Å². The maximum atomic E-state index is 14.6. The van der Waals surface area contributed by atoms with Crippen molar-refractivity contribution >= 4 is 29.0 Å². The quantitative estimate of drug-likeness (QED) is 0.772. The summed E-state index contributed by atoms with van der Waals surface area (Å²) < 4.78 is 24.8. The lowest BCUT2D eigenvalue weighted by molar-refractivity contribution is -0.119. The Morgan fingerprint density at radius 3 is 3.00 bits per heavy atom. The summed E-state index contributed by atoms with van der Waals surface area (Å²) in [7, 11) is 1.60. The van der Waals surface area contributed by atoms with Crippen LogP contribution in [0.1, 0.15) is 11.9 Å². The predicted molar refractivity (Wildman–Crippen MR) is 97.2 cm³/mol. The lowest BCUT2D eigenvalue weighted by Crippen LogP contribution is -2.33. The van der Waals surface area contributed by atoms with E-state index in [1.165, 1.54) is 29.2 Å². The zero-order chi connectivity index (χ0) is 19.4. The molecule has 1 aromatic heterocycles. The number of anilines is 1. The van der Waals surface area contributed by atoms with Crippen LogP contribution in [0.15, 0.2) is 18.2 Å². The summed E-state index contributed by atoms with van der Waals surface area (Å²) in [5, 5.41) is 11.9. The zero-order valence-electron chi connectivity index (χ0n) is 14.9. The number of aromatic nitrogens is 2. The summed E-state index contributed by atoms with van der Waals surface area (Å²) >= 11 is 1.30. The Hall–Kier alpha value is -2.59. The van der Waals surface area contributed by atoms with Crippen LogP contribution in [0.4, 0.5) is 14.9 Å². The molecule has 1 saturated heterocycles. The van der Waals surface area contributed by atoms with E-state index in [9.17, 15) is 14.0 Å².